The number of aromatic nitrogens is 4. The van der Waals surface area contributed by atoms with Gasteiger partial charge in [0.1, 0.15) is 5.69 Å². The van der Waals surface area contributed by atoms with Gasteiger partial charge in [-0.15, -0.1) is 0 Å². The molecule has 0 unspecified atom stereocenters. The molecule has 0 aliphatic rings. The highest BCUT2D eigenvalue weighted by atomic mass is 35.5. The molecule has 4 aromatic rings. The Morgan fingerprint density at radius 3 is 2.45 bits per heavy atom. The minimum atomic E-state index is -0.303. The first-order chi connectivity index (χ1) is 14.8. The molecule has 0 aliphatic heterocycles. The number of carbonyl (C=O) groups is 1. The van der Waals surface area contributed by atoms with E-state index in [4.69, 9.17) is 34.8 Å². The lowest BCUT2D eigenvalue weighted by atomic mass is 10.1. The molecule has 31 heavy (non-hydrogen) atoms. The van der Waals surface area contributed by atoms with Crippen molar-refractivity contribution in [3.63, 3.8) is 0 Å². The third-order valence-corrected chi connectivity index (χ3v) is 5.76. The quantitative estimate of drug-likeness (QED) is 0.364. The van der Waals surface area contributed by atoms with Crippen LogP contribution in [0.15, 0.2) is 48.5 Å². The monoisotopic (exact) mass is 473 g/mol. The van der Waals surface area contributed by atoms with Crippen LogP contribution >= 0.6 is 34.8 Å². The van der Waals surface area contributed by atoms with E-state index < -0.39 is 0 Å². The number of hydrogen-bond acceptors (Lipinski definition) is 3. The number of rotatable bonds is 5. The molecule has 0 fully saturated rings. The van der Waals surface area contributed by atoms with E-state index in [-0.39, 0.29) is 5.91 Å². The van der Waals surface area contributed by atoms with Gasteiger partial charge in [-0.3, -0.25) is 14.6 Å². The summed E-state index contributed by atoms with van der Waals surface area (Å²) in [4.78, 5) is 12.8. The largest absolute Gasteiger partial charge is 0.318 e. The normalized spacial score (nSPS) is 11.0. The van der Waals surface area contributed by atoms with Crippen LogP contribution < -0.4 is 5.32 Å². The fourth-order valence-corrected chi connectivity index (χ4v) is 3.82. The van der Waals surface area contributed by atoms with Gasteiger partial charge >= 0.3 is 0 Å². The average molecular weight is 475 g/mol. The van der Waals surface area contributed by atoms with E-state index >= 15 is 0 Å². The molecule has 158 valence electrons. The number of benzene rings is 2. The molecule has 2 aromatic carbocycles. The lowest BCUT2D eigenvalue weighted by Gasteiger charge is -2.08. The second-order valence-corrected chi connectivity index (χ2v) is 8.35. The summed E-state index contributed by atoms with van der Waals surface area (Å²) in [7, 11) is 0. The van der Waals surface area contributed by atoms with Crippen molar-refractivity contribution in [3.05, 3.63) is 86.2 Å². The van der Waals surface area contributed by atoms with E-state index in [0.29, 0.717) is 44.4 Å². The first kappa shape index (κ1) is 21.4. The number of nitrogens with one attached hydrogen (secondary N) is 2. The Morgan fingerprint density at radius 1 is 1.03 bits per heavy atom. The molecule has 4 rings (SSSR count). The van der Waals surface area contributed by atoms with Gasteiger partial charge in [0.15, 0.2) is 0 Å². The van der Waals surface area contributed by atoms with E-state index in [1.54, 1.807) is 35.0 Å². The van der Waals surface area contributed by atoms with E-state index in [2.05, 4.69) is 20.6 Å². The van der Waals surface area contributed by atoms with Gasteiger partial charge in [0.05, 0.1) is 29.3 Å². The number of aryl methyl sites for hydroxylation is 1. The lowest BCUT2D eigenvalue weighted by Crippen LogP contribution is -2.14. The topological polar surface area (TPSA) is 75.6 Å². The maximum Gasteiger partial charge on any atom is 0.273 e. The van der Waals surface area contributed by atoms with Crippen LogP contribution in [0.1, 0.15) is 27.4 Å². The molecule has 0 radical (unpaired) electrons. The Bertz CT molecular complexity index is 1260. The first-order valence-corrected chi connectivity index (χ1v) is 10.6. The number of H-pyrrole nitrogens is 1. The van der Waals surface area contributed by atoms with Crippen LogP contribution in [-0.2, 0) is 6.54 Å². The fraction of sp³-hybridized carbons (Fsp3) is 0.136. The Kier molecular flexibility index (Phi) is 6.05. The minimum Gasteiger partial charge on any atom is -0.318 e. The van der Waals surface area contributed by atoms with Crippen molar-refractivity contribution in [1.82, 2.24) is 20.0 Å². The number of anilines is 1. The molecular weight excluding hydrogens is 457 g/mol. The summed E-state index contributed by atoms with van der Waals surface area (Å²) < 4.78 is 1.80. The van der Waals surface area contributed by atoms with Crippen molar-refractivity contribution in [2.24, 2.45) is 0 Å². The van der Waals surface area contributed by atoms with Crippen LogP contribution in [0.3, 0.4) is 0 Å². The smallest absolute Gasteiger partial charge is 0.273 e. The maximum atomic E-state index is 12.8. The number of nitrogens with zero attached hydrogens (tertiary/aromatic N) is 3. The fourth-order valence-electron chi connectivity index (χ4n) is 3.23. The van der Waals surface area contributed by atoms with E-state index in [1.807, 2.05) is 32.0 Å². The summed E-state index contributed by atoms with van der Waals surface area (Å²) in [6.45, 7) is 4.20. The van der Waals surface area contributed by atoms with Crippen molar-refractivity contribution in [3.8, 4) is 11.3 Å². The van der Waals surface area contributed by atoms with Crippen molar-refractivity contribution in [1.29, 1.82) is 0 Å². The molecule has 0 atom stereocenters. The first-order valence-electron chi connectivity index (χ1n) is 9.42. The molecule has 0 saturated heterocycles. The summed E-state index contributed by atoms with van der Waals surface area (Å²) in [5.41, 5.74) is 4.91. The Balaban J connectivity index is 1.53. The molecule has 6 nitrogen and oxygen atoms in total. The SMILES string of the molecule is Cc1nn(Cc2ccc(Cl)cc2Cl)c(C)c1NC(=O)c1cc(-c2ccc(Cl)cc2)n[nH]1. The molecule has 2 aromatic heterocycles. The summed E-state index contributed by atoms with van der Waals surface area (Å²) >= 11 is 18.2. The third-order valence-electron chi connectivity index (χ3n) is 4.92. The van der Waals surface area contributed by atoms with E-state index in [0.717, 1.165) is 16.8 Å². The summed E-state index contributed by atoms with van der Waals surface area (Å²) in [6, 6.07) is 14.3. The predicted octanol–water partition coefficient (Wildman–Crippen LogP) is 6.15. The van der Waals surface area contributed by atoms with Gasteiger partial charge in [0.2, 0.25) is 0 Å². The Hall–Kier alpha value is -2.80. The molecule has 0 bridgehead atoms. The third kappa shape index (κ3) is 4.61. The van der Waals surface area contributed by atoms with Crippen molar-refractivity contribution >= 4 is 46.4 Å². The van der Waals surface area contributed by atoms with Gasteiger partial charge in [-0.25, -0.2) is 0 Å². The van der Waals surface area contributed by atoms with E-state index in [9.17, 15) is 4.79 Å². The highest BCUT2D eigenvalue weighted by Crippen LogP contribution is 2.26. The standard InChI is InChI=1S/C22H18Cl3N5O/c1-12-21(13(2)30(29-12)11-15-5-8-17(24)9-18(15)25)26-22(31)20-10-19(27-28-20)14-3-6-16(23)7-4-14/h3-10H,11H2,1-2H3,(H,26,31)(H,27,28). The second-order valence-electron chi connectivity index (χ2n) is 7.07. The summed E-state index contributed by atoms with van der Waals surface area (Å²) in [6.07, 6.45) is 0. The highest BCUT2D eigenvalue weighted by molar-refractivity contribution is 6.35. The average Bonchev–Trinajstić information content (AvgIpc) is 3.32. The number of carbonyl (C=O) groups excluding carboxylic acids is 1. The van der Waals surface area contributed by atoms with Gasteiger partial charge in [0.25, 0.3) is 5.91 Å². The predicted molar refractivity (Wildman–Crippen MR) is 124 cm³/mol. The van der Waals surface area contributed by atoms with Crippen molar-refractivity contribution < 1.29 is 4.79 Å². The van der Waals surface area contributed by atoms with Crippen LogP contribution in [-0.4, -0.2) is 25.9 Å². The van der Waals surface area contributed by atoms with Crippen LogP contribution in [0.4, 0.5) is 5.69 Å². The summed E-state index contributed by atoms with van der Waals surface area (Å²) in [5, 5.41) is 16.3. The summed E-state index contributed by atoms with van der Waals surface area (Å²) in [5.74, 6) is -0.303. The molecule has 0 saturated carbocycles. The minimum absolute atomic E-state index is 0.303. The molecule has 2 heterocycles. The van der Waals surface area contributed by atoms with Crippen molar-refractivity contribution in [2.75, 3.05) is 5.32 Å². The number of hydrogen-bond donors (Lipinski definition) is 2. The molecular formula is C22H18Cl3N5O. The van der Waals surface area contributed by atoms with Crippen LogP contribution in [0, 0.1) is 13.8 Å². The van der Waals surface area contributed by atoms with Gasteiger partial charge < -0.3 is 5.32 Å². The second kappa shape index (κ2) is 8.75. The molecule has 0 aliphatic carbocycles. The van der Waals surface area contributed by atoms with Crippen molar-refractivity contribution in [2.45, 2.75) is 20.4 Å². The van der Waals surface area contributed by atoms with Gasteiger partial charge in [-0.2, -0.15) is 10.2 Å². The zero-order valence-corrected chi connectivity index (χ0v) is 19.0. The highest BCUT2D eigenvalue weighted by Gasteiger charge is 2.18. The number of aromatic amines is 1. The number of amides is 1. The van der Waals surface area contributed by atoms with Gasteiger partial charge in [-0.05, 0) is 49.7 Å². The van der Waals surface area contributed by atoms with Crippen LogP contribution in [0.25, 0.3) is 11.3 Å². The van der Waals surface area contributed by atoms with Gasteiger partial charge in [-0.1, -0.05) is 53.0 Å². The van der Waals surface area contributed by atoms with E-state index in [1.165, 1.54) is 0 Å². The maximum absolute atomic E-state index is 12.8. The molecule has 0 spiro atoms. The zero-order valence-electron chi connectivity index (χ0n) is 16.7. The van der Waals surface area contributed by atoms with Crippen LogP contribution in [0.5, 0.6) is 0 Å². The Labute approximate surface area is 194 Å². The van der Waals surface area contributed by atoms with Gasteiger partial charge in [0, 0.05) is 20.6 Å². The molecule has 2 N–H and O–H groups in total. The zero-order chi connectivity index (χ0) is 22.1. The van der Waals surface area contributed by atoms with Crippen LogP contribution in [0.2, 0.25) is 15.1 Å². The molecule has 1 amide bonds. The number of halogens is 3. The molecule has 9 heteroatoms. The lowest BCUT2D eigenvalue weighted by molar-refractivity contribution is 0.102. The Morgan fingerprint density at radius 2 is 1.74 bits per heavy atom.